The first-order valence-corrected chi connectivity index (χ1v) is 18.4. The van der Waals surface area contributed by atoms with Gasteiger partial charge in [0, 0.05) is 53.5 Å². The minimum absolute atomic E-state index is 1.16. The van der Waals surface area contributed by atoms with Gasteiger partial charge in [0.15, 0.2) is 0 Å². The van der Waals surface area contributed by atoms with E-state index in [9.17, 15) is 0 Å². The van der Waals surface area contributed by atoms with Gasteiger partial charge < -0.3 is 9.13 Å². The van der Waals surface area contributed by atoms with Crippen LogP contribution in [0.5, 0.6) is 0 Å². The standard InChI is InChI=1S/C48H28N2S/c1-2-15-29(16-3-1)49-38-25-11-8-22-36(38)44-42-33-20-6-4-17-30(33)31-18-5-7-21-34(31)43(42)45-37-23-9-12-26-39(37)50(47(45)46(44)49)40-27-14-24-35-32-19-10-13-28-41(32)51-48(35)40/h1-28H. The molecule has 0 atom stereocenters. The van der Waals surface area contributed by atoms with Gasteiger partial charge in [-0.3, -0.25) is 0 Å². The predicted octanol–water partition coefficient (Wildman–Crippen LogP) is 13.7. The molecule has 0 radical (unpaired) electrons. The average Bonchev–Trinajstić information content (AvgIpc) is 3.86. The zero-order valence-electron chi connectivity index (χ0n) is 27.5. The second kappa shape index (κ2) is 10.1. The first kappa shape index (κ1) is 27.4. The lowest BCUT2D eigenvalue weighted by Crippen LogP contribution is -1.99. The average molecular weight is 665 g/mol. The van der Waals surface area contributed by atoms with Crippen molar-refractivity contribution in [3.63, 3.8) is 0 Å². The molecule has 0 amide bonds. The van der Waals surface area contributed by atoms with E-state index < -0.39 is 0 Å². The largest absolute Gasteiger partial charge is 0.307 e. The minimum atomic E-state index is 1.16. The van der Waals surface area contributed by atoms with E-state index in [1.165, 1.54) is 102 Å². The Labute approximate surface area is 296 Å². The number of aromatic nitrogens is 2. The summed E-state index contributed by atoms with van der Waals surface area (Å²) in [6, 6.07) is 62.7. The first-order chi connectivity index (χ1) is 25.4. The highest BCUT2D eigenvalue weighted by Gasteiger charge is 2.27. The number of thiophene rings is 1. The van der Waals surface area contributed by atoms with Gasteiger partial charge in [0.2, 0.25) is 0 Å². The van der Waals surface area contributed by atoms with Gasteiger partial charge in [-0.2, -0.15) is 0 Å². The van der Waals surface area contributed by atoms with Crippen molar-refractivity contribution in [3.05, 3.63) is 170 Å². The maximum atomic E-state index is 2.59. The first-order valence-electron chi connectivity index (χ1n) is 17.5. The summed E-state index contributed by atoms with van der Waals surface area (Å²) in [5.74, 6) is 0. The molecule has 0 fully saturated rings. The van der Waals surface area contributed by atoms with Gasteiger partial charge in [-0.25, -0.2) is 0 Å². The molecular weight excluding hydrogens is 637 g/mol. The number of nitrogens with zero attached hydrogens (tertiary/aromatic N) is 2. The molecule has 2 nitrogen and oxygen atoms in total. The summed E-state index contributed by atoms with van der Waals surface area (Å²) in [5, 5.41) is 15.5. The lowest BCUT2D eigenvalue weighted by molar-refractivity contribution is 1.16. The molecule has 3 heteroatoms. The maximum Gasteiger partial charge on any atom is 0.0796 e. The van der Waals surface area contributed by atoms with Gasteiger partial charge in [-0.1, -0.05) is 133 Å². The quantitative estimate of drug-likeness (QED) is 0.163. The monoisotopic (exact) mass is 664 g/mol. The molecule has 0 spiro atoms. The molecule has 0 saturated heterocycles. The molecule has 0 bridgehead atoms. The summed E-state index contributed by atoms with van der Waals surface area (Å²) in [6.07, 6.45) is 0. The number of hydrogen-bond acceptors (Lipinski definition) is 1. The van der Waals surface area contributed by atoms with Crippen LogP contribution in [0.1, 0.15) is 0 Å². The van der Waals surface area contributed by atoms with E-state index in [0.717, 1.165) is 5.69 Å². The van der Waals surface area contributed by atoms with Crippen LogP contribution in [0.2, 0.25) is 0 Å². The highest BCUT2D eigenvalue weighted by atomic mass is 32.1. The molecule has 0 saturated carbocycles. The zero-order valence-corrected chi connectivity index (χ0v) is 28.3. The second-order valence-corrected chi connectivity index (χ2v) is 14.6. The Morgan fingerprint density at radius 1 is 0.314 bits per heavy atom. The fraction of sp³-hybridized carbons (Fsp3) is 0. The molecule has 0 N–H and O–H groups in total. The lowest BCUT2D eigenvalue weighted by atomic mass is 9.89. The molecule has 12 rings (SSSR count). The summed E-state index contributed by atoms with van der Waals surface area (Å²) in [6.45, 7) is 0. The van der Waals surface area contributed by atoms with Crippen LogP contribution in [0, 0.1) is 0 Å². The Hall–Kier alpha value is -6.42. The van der Waals surface area contributed by atoms with Crippen molar-refractivity contribution in [1.29, 1.82) is 0 Å². The van der Waals surface area contributed by atoms with Crippen LogP contribution in [0.15, 0.2) is 170 Å². The lowest BCUT2D eigenvalue weighted by Gasteiger charge is -2.17. The topological polar surface area (TPSA) is 9.86 Å². The van der Waals surface area contributed by atoms with Crippen LogP contribution >= 0.6 is 11.3 Å². The molecule has 3 heterocycles. The Morgan fingerprint density at radius 3 is 1.43 bits per heavy atom. The maximum absolute atomic E-state index is 2.59. The van der Waals surface area contributed by atoms with Crippen molar-refractivity contribution >= 4 is 107 Å². The fourth-order valence-electron chi connectivity index (χ4n) is 9.10. The van der Waals surface area contributed by atoms with Crippen molar-refractivity contribution in [2.24, 2.45) is 0 Å². The minimum Gasteiger partial charge on any atom is -0.307 e. The van der Waals surface area contributed by atoms with Crippen molar-refractivity contribution in [1.82, 2.24) is 9.13 Å². The van der Waals surface area contributed by atoms with Gasteiger partial charge in [-0.05, 0) is 57.9 Å². The Bertz CT molecular complexity index is 3410. The van der Waals surface area contributed by atoms with Crippen LogP contribution in [-0.4, -0.2) is 9.13 Å². The van der Waals surface area contributed by atoms with E-state index in [1.54, 1.807) is 0 Å². The molecule has 0 unspecified atom stereocenters. The summed E-state index contributed by atoms with van der Waals surface area (Å²) in [5.41, 5.74) is 7.28. The Kier molecular flexibility index (Phi) is 5.41. The van der Waals surface area contributed by atoms with E-state index in [-0.39, 0.29) is 0 Å². The normalized spacial score (nSPS) is 12.3. The summed E-state index contributed by atoms with van der Waals surface area (Å²) in [4.78, 5) is 0. The van der Waals surface area contributed by atoms with Gasteiger partial charge in [-0.15, -0.1) is 11.3 Å². The molecule has 51 heavy (non-hydrogen) atoms. The highest BCUT2D eigenvalue weighted by molar-refractivity contribution is 7.26. The second-order valence-electron chi connectivity index (χ2n) is 13.6. The van der Waals surface area contributed by atoms with Crippen molar-refractivity contribution < 1.29 is 0 Å². The molecule has 236 valence electrons. The van der Waals surface area contributed by atoms with Gasteiger partial charge in [0.1, 0.15) is 0 Å². The fourth-order valence-corrected chi connectivity index (χ4v) is 10.3. The molecular formula is C48H28N2S. The third-order valence-corrected chi connectivity index (χ3v) is 12.3. The van der Waals surface area contributed by atoms with Crippen LogP contribution in [0.3, 0.4) is 0 Å². The zero-order chi connectivity index (χ0) is 33.2. The smallest absolute Gasteiger partial charge is 0.0796 e. The summed E-state index contributed by atoms with van der Waals surface area (Å²) in [7, 11) is 0. The van der Waals surface area contributed by atoms with Crippen molar-refractivity contribution in [2.45, 2.75) is 0 Å². The van der Waals surface area contributed by atoms with E-state index >= 15 is 0 Å². The van der Waals surface area contributed by atoms with Gasteiger partial charge in [0.05, 0.1) is 32.5 Å². The Morgan fingerprint density at radius 2 is 0.784 bits per heavy atom. The number of hydrogen-bond donors (Lipinski definition) is 0. The van der Waals surface area contributed by atoms with Crippen LogP contribution < -0.4 is 0 Å². The van der Waals surface area contributed by atoms with Crippen molar-refractivity contribution in [2.75, 3.05) is 0 Å². The van der Waals surface area contributed by atoms with Crippen LogP contribution in [0.25, 0.3) is 107 Å². The number of rotatable bonds is 2. The molecule has 0 aliphatic rings. The van der Waals surface area contributed by atoms with Crippen LogP contribution in [0.4, 0.5) is 0 Å². The Balaban J connectivity index is 1.47. The predicted molar refractivity (Wildman–Crippen MR) is 221 cm³/mol. The van der Waals surface area contributed by atoms with Crippen molar-refractivity contribution in [3.8, 4) is 11.4 Å². The third-order valence-electron chi connectivity index (χ3n) is 11.0. The van der Waals surface area contributed by atoms with E-state index in [0.29, 0.717) is 0 Å². The van der Waals surface area contributed by atoms with Gasteiger partial charge in [0.25, 0.3) is 0 Å². The van der Waals surface area contributed by atoms with Crippen LogP contribution in [-0.2, 0) is 0 Å². The van der Waals surface area contributed by atoms with Gasteiger partial charge >= 0.3 is 0 Å². The molecule has 0 aliphatic heterocycles. The highest BCUT2D eigenvalue weighted by Crippen LogP contribution is 2.51. The summed E-state index contributed by atoms with van der Waals surface area (Å²) < 4.78 is 7.73. The number of benzene rings is 9. The molecule has 0 aliphatic carbocycles. The van der Waals surface area contributed by atoms with E-state index in [1.807, 2.05) is 11.3 Å². The van der Waals surface area contributed by atoms with E-state index in [2.05, 4.69) is 179 Å². The summed E-state index contributed by atoms with van der Waals surface area (Å²) >= 11 is 1.90. The molecule has 12 aromatic rings. The number of fused-ring (bicyclic) bond motifs is 18. The third kappa shape index (κ3) is 3.51. The molecule has 9 aromatic carbocycles. The number of para-hydroxylation sites is 3. The SMILES string of the molecule is c1ccc(-n2c3ccccc3c3c4c5ccccc5c5ccccc5c4c4c5ccccc5n(-c5cccc6c5sc5ccccc56)c4c32)cc1. The molecule has 3 aromatic heterocycles. The van der Waals surface area contributed by atoms with E-state index in [4.69, 9.17) is 0 Å².